The molecule has 2 aromatic rings. The highest BCUT2D eigenvalue weighted by molar-refractivity contribution is 8.01. The number of nitrogens with zero attached hydrogens (tertiary/aromatic N) is 2. The molecule has 1 atom stereocenters. The van der Waals surface area contributed by atoms with Crippen LogP contribution in [0.3, 0.4) is 0 Å². The predicted octanol–water partition coefficient (Wildman–Crippen LogP) is 3.65. The van der Waals surface area contributed by atoms with Gasteiger partial charge in [0.25, 0.3) is 0 Å². The fraction of sp³-hybridized carbons (Fsp3) is 0.529. The van der Waals surface area contributed by atoms with Crippen molar-refractivity contribution in [3.8, 4) is 0 Å². The topological polar surface area (TPSA) is 97.1 Å². The van der Waals surface area contributed by atoms with Crippen molar-refractivity contribution in [2.24, 2.45) is 0 Å². The lowest BCUT2D eigenvalue weighted by molar-refractivity contribution is -0.115. The number of carbonyl (C=O) groups excluding carboxylic acids is 2. The highest BCUT2D eigenvalue weighted by atomic mass is 32.2. The molecule has 0 unspecified atom stereocenters. The molecule has 2 rings (SSSR count). The molecule has 26 heavy (non-hydrogen) atoms. The molecule has 0 radical (unpaired) electrons. The molecule has 0 aliphatic heterocycles. The quantitative estimate of drug-likeness (QED) is 0.671. The average molecular weight is 397 g/mol. The van der Waals surface area contributed by atoms with E-state index in [1.807, 2.05) is 0 Å². The van der Waals surface area contributed by atoms with Gasteiger partial charge in [-0.3, -0.25) is 9.59 Å². The summed E-state index contributed by atoms with van der Waals surface area (Å²) in [7, 11) is 0. The summed E-state index contributed by atoms with van der Waals surface area (Å²) >= 11 is 2.78. The third-order valence-electron chi connectivity index (χ3n) is 3.55. The fourth-order valence-electron chi connectivity index (χ4n) is 2.23. The van der Waals surface area contributed by atoms with Crippen molar-refractivity contribution < 1.29 is 14.1 Å². The first-order valence-electron chi connectivity index (χ1n) is 8.57. The van der Waals surface area contributed by atoms with E-state index in [2.05, 4.69) is 34.6 Å². The Labute approximate surface area is 161 Å². The molecule has 0 fully saturated rings. The molecule has 142 valence electrons. The molecule has 9 heteroatoms. The Hall–Kier alpha value is -1.87. The fourth-order valence-corrected chi connectivity index (χ4v) is 3.88. The molecule has 0 aliphatic rings. The van der Waals surface area contributed by atoms with Crippen LogP contribution < -0.4 is 10.6 Å². The van der Waals surface area contributed by atoms with Crippen LogP contribution in [0.1, 0.15) is 43.5 Å². The van der Waals surface area contributed by atoms with Gasteiger partial charge in [-0.05, 0) is 26.7 Å². The van der Waals surface area contributed by atoms with E-state index in [9.17, 15) is 9.59 Å². The number of nitrogens with one attached hydrogen (secondary N) is 2. The largest absolute Gasteiger partial charge is 0.360 e. The molecule has 7 nitrogen and oxygen atoms in total. The number of thioether (sulfide) groups is 1. The Morgan fingerprint density at radius 2 is 2.12 bits per heavy atom. The number of carbonyl (C=O) groups is 2. The first-order chi connectivity index (χ1) is 12.4. The Morgan fingerprint density at radius 1 is 1.35 bits per heavy atom. The Balaban J connectivity index is 1.81. The summed E-state index contributed by atoms with van der Waals surface area (Å²) in [6.07, 6.45) is 2.86. The van der Waals surface area contributed by atoms with E-state index in [4.69, 9.17) is 4.52 Å². The smallest absolute Gasteiger partial charge is 0.238 e. The number of aryl methyl sites for hydroxylation is 3. The summed E-state index contributed by atoms with van der Waals surface area (Å²) in [4.78, 5) is 30.0. The predicted molar refractivity (Wildman–Crippen MR) is 106 cm³/mol. The summed E-state index contributed by atoms with van der Waals surface area (Å²) in [6, 6.07) is 1.64. The molecular weight excluding hydrogens is 372 g/mol. The van der Waals surface area contributed by atoms with Crippen LogP contribution >= 0.6 is 23.1 Å². The lowest BCUT2D eigenvalue weighted by Gasteiger charge is -2.09. The van der Waals surface area contributed by atoms with E-state index in [-0.39, 0.29) is 17.6 Å². The molecule has 2 amide bonds. The van der Waals surface area contributed by atoms with Crippen LogP contribution in [0.4, 0.5) is 10.9 Å². The number of aromatic nitrogens is 2. The van der Waals surface area contributed by atoms with E-state index in [1.54, 1.807) is 19.9 Å². The van der Waals surface area contributed by atoms with E-state index in [0.29, 0.717) is 16.7 Å². The summed E-state index contributed by atoms with van der Waals surface area (Å²) in [5, 5.41) is 9.45. The number of rotatable bonds is 9. The van der Waals surface area contributed by atoms with Crippen molar-refractivity contribution in [3.63, 3.8) is 0 Å². The minimum Gasteiger partial charge on any atom is -0.360 e. The van der Waals surface area contributed by atoms with Crippen LogP contribution in [0.5, 0.6) is 0 Å². The monoisotopic (exact) mass is 396 g/mol. The molecule has 0 saturated heterocycles. The first-order valence-corrected chi connectivity index (χ1v) is 10.4. The van der Waals surface area contributed by atoms with Gasteiger partial charge in [-0.15, -0.1) is 23.1 Å². The van der Waals surface area contributed by atoms with Crippen LogP contribution in [-0.2, 0) is 22.4 Å². The van der Waals surface area contributed by atoms with Crippen LogP contribution in [0, 0.1) is 6.92 Å². The maximum atomic E-state index is 12.1. The highest BCUT2D eigenvalue weighted by Gasteiger charge is 2.18. The van der Waals surface area contributed by atoms with Crippen molar-refractivity contribution in [3.05, 3.63) is 22.4 Å². The van der Waals surface area contributed by atoms with Crippen LogP contribution in [0.2, 0.25) is 0 Å². The molecular formula is C17H24N4O3S2. The normalized spacial score (nSPS) is 12.0. The molecule has 0 spiro atoms. The van der Waals surface area contributed by atoms with Gasteiger partial charge in [-0.1, -0.05) is 25.4 Å². The summed E-state index contributed by atoms with van der Waals surface area (Å²) < 4.78 is 4.91. The van der Waals surface area contributed by atoms with Gasteiger partial charge < -0.3 is 15.2 Å². The number of hydrogen-bond acceptors (Lipinski definition) is 7. The zero-order chi connectivity index (χ0) is 19.1. The van der Waals surface area contributed by atoms with Crippen molar-refractivity contribution in [1.29, 1.82) is 0 Å². The third-order valence-corrected chi connectivity index (χ3v) is 5.85. The number of thiazole rings is 1. The van der Waals surface area contributed by atoms with Gasteiger partial charge in [0.1, 0.15) is 5.76 Å². The summed E-state index contributed by atoms with van der Waals surface area (Å²) in [5.74, 6) is 0.798. The molecule has 0 saturated carbocycles. The maximum absolute atomic E-state index is 12.1. The molecule has 2 N–H and O–H groups in total. The number of anilines is 2. The van der Waals surface area contributed by atoms with Crippen molar-refractivity contribution in [1.82, 2.24) is 10.1 Å². The van der Waals surface area contributed by atoms with Crippen LogP contribution in [0.25, 0.3) is 0 Å². The summed E-state index contributed by atoms with van der Waals surface area (Å²) in [5.41, 5.74) is 1.07. The van der Waals surface area contributed by atoms with Crippen molar-refractivity contribution in [2.75, 3.05) is 16.4 Å². The van der Waals surface area contributed by atoms with Gasteiger partial charge in [0.15, 0.2) is 10.9 Å². The van der Waals surface area contributed by atoms with Gasteiger partial charge in [0, 0.05) is 10.9 Å². The molecule has 2 heterocycles. The average Bonchev–Trinajstić information content (AvgIpc) is 3.18. The second-order valence-corrected chi connectivity index (χ2v) is 8.22. The van der Waals surface area contributed by atoms with Gasteiger partial charge in [-0.2, -0.15) is 0 Å². The zero-order valence-corrected chi connectivity index (χ0v) is 17.1. The highest BCUT2D eigenvalue weighted by Crippen LogP contribution is 2.25. The van der Waals surface area contributed by atoms with E-state index >= 15 is 0 Å². The molecule has 2 aromatic heterocycles. The molecule has 0 aromatic carbocycles. The van der Waals surface area contributed by atoms with Gasteiger partial charge in [0.2, 0.25) is 11.8 Å². The minimum absolute atomic E-state index is 0.161. The minimum atomic E-state index is -0.393. The van der Waals surface area contributed by atoms with Gasteiger partial charge in [0.05, 0.1) is 16.7 Å². The lowest BCUT2D eigenvalue weighted by Crippen LogP contribution is -2.25. The van der Waals surface area contributed by atoms with E-state index < -0.39 is 5.25 Å². The molecule has 0 bridgehead atoms. The third kappa shape index (κ3) is 5.84. The Kier molecular flexibility index (Phi) is 7.65. The molecule has 0 aliphatic carbocycles. The summed E-state index contributed by atoms with van der Waals surface area (Å²) in [6.45, 7) is 7.70. The SMILES string of the molecule is CCCc1nc(NC(=O)CS[C@H](C)C(=O)Nc2cc(C)on2)sc1CC. The van der Waals surface area contributed by atoms with E-state index in [0.717, 1.165) is 25.0 Å². The number of amides is 2. The van der Waals surface area contributed by atoms with Gasteiger partial charge >= 0.3 is 0 Å². The van der Waals surface area contributed by atoms with Crippen molar-refractivity contribution >= 4 is 45.9 Å². The lowest BCUT2D eigenvalue weighted by atomic mass is 10.2. The first kappa shape index (κ1) is 20.4. The van der Waals surface area contributed by atoms with Gasteiger partial charge in [-0.25, -0.2) is 4.98 Å². The zero-order valence-electron chi connectivity index (χ0n) is 15.4. The Bertz CT molecular complexity index is 757. The second kappa shape index (κ2) is 9.72. The van der Waals surface area contributed by atoms with E-state index in [1.165, 1.54) is 28.0 Å². The van der Waals surface area contributed by atoms with Crippen LogP contribution in [-0.4, -0.2) is 33.0 Å². The van der Waals surface area contributed by atoms with Crippen LogP contribution in [0.15, 0.2) is 10.6 Å². The second-order valence-electron chi connectivity index (χ2n) is 5.81. The standard InChI is InChI=1S/C17H24N4O3S2/c1-5-7-12-13(6-2)26-17(18-12)20-15(22)9-25-11(4)16(23)19-14-8-10(3)24-21-14/h8,11H,5-7,9H2,1-4H3,(H,18,20,22)(H,19,21,23)/t11-/m1/s1. The Morgan fingerprint density at radius 3 is 2.73 bits per heavy atom. The number of hydrogen-bond donors (Lipinski definition) is 2. The van der Waals surface area contributed by atoms with Crippen molar-refractivity contribution in [2.45, 2.75) is 52.2 Å². The maximum Gasteiger partial charge on any atom is 0.238 e.